The highest BCUT2D eigenvalue weighted by atomic mass is 32.2. The molecule has 0 spiro atoms. The molecule has 1 N–H and O–H groups in total. The lowest BCUT2D eigenvalue weighted by Gasteiger charge is -2.28. The topological polar surface area (TPSA) is 52.9 Å². The summed E-state index contributed by atoms with van der Waals surface area (Å²) in [5, 5.41) is 10.3. The van der Waals surface area contributed by atoms with Crippen molar-refractivity contribution in [2.45, 2.75) is 25.9 Å². The molecule has 2 aromatic carbocycles. The third-order valence-corrected chi connectivity index (χ3v) is 5.10. The van der Waals surface area contributed by atoms with Crippen LogP contribution in [-0.4, -0.2) is 27.5 Å². The van der Waals surface area contributed by atoms with Crippen LogP contribution in [0.25, 0.3) is 0 Å². The molecule has 0 aliphatic carbocycles. The lowest BCUT2D eigenvalue weighted by molar-refractivity contribution is 0.157. The summed E-state index contributed by atoms with van der Waals surface area (Å²) in [6.07, 6.45) is 0.900. The predicted octanol–water partition coefficient (Wildman–Crippen LogP) is 4.80. The first-order chi connectivity index (χ1) is 11.5. The molecule has 0 saturated heterocycles. The lowest BCUT2D eigenvalue weighted by atomic mass is 9.89. The second-order valence-electron chi connectivity index (χ2n) is 5.87. The van der Waals surface area contributed by atoms with Crippen LogP contribution in [0.1, 0.15) is 34.3 Å². The number of aryl methyl sites for hydroxylation is 2. The Morgan fingerprint density at radius 3 is 2.08 bits per heavy atom. The van der Waals surface area contributed by atoms with Gasteiger partial charge < -0.3 is 5.11 Å². The van der Waals surface area contributed by atoms with Crippen LogP contribution in [0.4, 0.5) is 4.79 Å². The number of hydrogen-bond donors (Lipinski definition) is 1. The van der Waals surface area contributed by atoms with Gasteiger partial charge in [0, 0.05) is 0 Å². The van der Waals surface area contributed by atoms with E-state index in [2.05, 4.69) is 0 Å². The second kappa shape index (κ2) is 6.69. The Hall–Kier alpha value is -2.27. The highest BCUT2D eigenvalue weighted by Gasteiger charge is 2.42. The van der Waals surface area contributed by atoms with Crippen molar-refractivity contribution in [2.24, 2.45) is 4.99 Å². The summed E-state index contributed by atoms with van der Waals surface area (Å²) in [5.74, 6) is 0. The molecule has 1 aliphatic heterocycles. The first-order valence-corrected chi connectivity index (χ1v) is 9.02. The summed E-state index contributed by atoms with van der Waals surface area (Å²) in [6.45, 7) is 4.06. The van der Waals surface area contributed by atoms with Crippen LogP contribution in [-0.2, 0) is 0 Å². The van der Waals surface area contributed by atoms with E-state index in [1.165, 1.54) is 16.7 Å². The molecular formula is C19H20N2O2S. The molecule has 1 aliphatic rings. The Balaban J connectivity index is 2.18. The van der Waals surface area contributed by atoms with Gasteiger partial charge in [0.25, 0.3) is 0 Å². The molecule has 2 atom stereocenters. The molecule has 24 heavy (non-hydrogen) atoms. The fourth-order valence-electron chi connectivity index (χ4n) is 3.25. The van der Waals surface area contributed by atoms with E-state index in [0.717, 1.165) is 22.3 Å². The Morgan fingerprint density at radius 1 is 1.04 bits per heavy atom. The average molecular weight is 340 g/mol. The van der Waals surface area contributed by atoms with E-state index >= 15 is 0 Å². The van der Waals surface area contributed by atoms with Gasteiger partial charge in [0.2, 0.25) is 0 Å². The van der Waals surface area contributed by atoms with Crippen molar-refractivity contribution in [2.75, 3.05) is 6.26 Å². The van der Waals surface area contributed by atoms with E-state index in [1.54, 1.807) is 0 Å². The molecular weight excluding hydrogens is 320 g/mol. The SMILES string of the molecule is CSC1=N[C@H](c2ccccc2C)[C@H](c2ccccc2C)N1C(=O)O. The van der Waals surface area contributed by atoms with Crippen molar-refractivity contribution in [3.05, 3.63) is 70.8 Å². The van der Waals surface area contributed by atoms with Gasteiger partial charge in [-0.1, -0.05) is 60.3 Å². The molecule has 0 aromatic heterocycles. The fourth-order valence-corrected chi connectivity index (χ4v) is 3.86. The van der Waals surface area contributed by atoms with Gasteiger partial charge in [-0.25, -0.2) is 9.69 Å². The number of benzene rings is 2. The van der Waals surface area contributed by atoms with Crippen molar-refractivity contribution in [3.63, 3.8) is 0 Å². The average Bonchev–Trinajstić information content (AvgIpc) is 2.95. The molecule has 1 amide bonds. The zero-order chi connectivity index (χ0) is 17.3. The highest BCUT2D eigenvalue weighted by molar-refractivity contribution is 8.13. The molecule has 4 nitrogen and oxygen atoms in total. The summed E-state index contributed by atoms with van der Waals surface area (Å²) in [6, 6.07) is 15.4. The van der Waals surface area contributed by atoms with Gasteiger partial charge >= 0.3 is 6.09 Å². The van der Waals surface area contributed by atoms with Crippen molar-refractivity contribution in [1.82, 2.24) is 4.90 Å². The minimum atomic E-state index is -0.965. The number of amides is 1. The van der Waals surface area contributed by atoms with Gasteiger partial charge in [0.05, 0.1) is 6.04 Å². The molecule has 0 saturated carbocycles. The standard InChI is InChI=1S/C19H20N2O2S/c1-12-8-4-6-10-14(12)16-17(15-11-7-5-9-13(15)2)21(19(22)23)18(20-16)24-3/h4-11,16-17H,1-3H3,(H,22,23)/t16-,17+/m1/s1. The monoisotopic (exact) mass is 340 g/mol. The van der Waals surface area contributed by atoms with Crippen LogP contribution in [0.3, 0.4) is 0 Å². The minimum absolute atomic E-state index is 0.231. The fraction of sp³-hybridized carbons (Fsp3) is 0.263. The molecule has 0 bridgehead atoms. The van der Waals surface area contributed by atoms with Gasteiger partial charge in [0.15, 0.2) is 5.17 Å². The number of rotatable bonds is 2. The van der Waals surface area contributed by atoms with Crippen LogP contribution in [0.5, 0.6) is 0 Å². The van der Waals surface area contributed by atoms with Crippen LogP contribution in [0, 0.1) is 13.8 Å². The van der Waals surface area contributed by atoms with Gasteiger partial charge in [-0.15, -0.1) is 0 Å². The third kappa shape index (κ3) is 2.80. The zero-order valence-electron chi connectivity index (χ0n) is 13.9. The normalized spacial score (nSPS) is 20.1. The van der Waals surface area contributed by atoms with E-state index in [-0.39, 0.29) is 12.1 Å². The molecule has 1 heterocycles. The third-order valence-electron chi connectivity index (χ3n) is 4.44. The van der Waals surface area contributed by atoms with Crippen LogP contribution in [0.2, 0.25) is 0 Å². The Labute approximate surface area is 146 Å². The van der Waals surface area contributed by atoms with E-state index < -0.39 is 6.09 Å². The summed E-state index contributed by atoms with van der Waals surface area (Å²) >= 11 is 1.37. The van der Waals surface area contributed by atoms with E-state index in [4.69, 9.17) is 4.99 Å². The van der Waals surface area contributed by atoms with Crippen molar-refractivity contribution in [1.29, 1.82) is 0 Å². The summed E-state index contributed by atoms with van der Waals surface area (Å²) in [7, 11) is 0. The zero-order valence-corrected chi connectivity index (χ0v) is 14.7. The highest BCUT2D eigenvalue weighted by Crippen LogP contribution is 2.45. The van der Waals surface area contributed by atoms with Gasteiger partial charge in [0.1, 0.15) is 6.04 Å². The molecule has 5 heteroatoms. The van der Waals surface area contributed by atoms with Crippen LogP contribution in [0.15, 0.2) is 53.5 Å². The maximum absolute atomic E-state index is 12.0. The largest absolute Gasteiger partial charge is 0.465 e. The number of aliphatic imine (C=N–C) groups is 1. The van der Waals surface area contributed by atoms with E-state index in [1.807, 2.05) is 68.6 Å². The second-order valence-corrected chi connectivity index (χ2v) is 6.64. The summed E-state index contributed by atoms with van der Waals surface area (Å²) < 4.78 is 0. The molecule has 0 unspecified atom stereocenters. The number of hydrogen-bond acceptors (Lipinski definition) is 3. The Kier molecular flexibility index (Phi) is 4.62. The van der Waals surface area contributed by atoms with Gasteiger partial charge in [-0.3, -0.25) is 4.99 Å². The van der Waals surface area contributed by atoms with Crippen LogP contribution < -0.4 is 0 Å². The number of thioether (sulfide) groups is 1. The quantitative estimate of drug-likeness (QED) is 0.854. The molecule has 0 radical (unpaired) electrons. The Bertz CT molecular complexity index is 803. The lowest BCUT2D eigenvalue weighted by Crippen LogP contribution is -2.35. The van der Waals surface area contributed by atoms with Crippen LogP contribution >= 0.6 is 11.8 Å². The molecule has 124 valence electrons. The maximum Gasteiger partial charge on any atom is 0.414 e. The maximum atomic E-state index is 12.0. The number of carboxylic acid groups (broad SMARTS) is 1. The van der Waals surface area contributed by atoms with E-state index in [9.17, 15) is 9.90 Å². The molecule has 2 aromatic rings. The minimum Gasteiger partial charge on any atom is -0.465 e. The number of carbonyl (C=O) groups is 1. The van der Waals surface area contributed by atoms with Gasteiger partial charge in [-0.2, -0.15) is 0 Å². The molecule has 3 rings (SSSR count). The number of amidine groups is 1. The Morgan fingerprint density at radius 2 is 1.58 bits per heavy atom. The number of nitrogens with zero attached hydrogens (tertiary/aromatic N) is 2. The van der Waals surface area contributed by atoms with E-state index in [0.29, 0.717) is 5.17 Å². The van der Waals surface area contributed by atoms with Crippen molar-refractivity contribution < 1.29 is 9.90 Å². The summed E-state index contributed by atoms with van der Waals surface area (Å²) in [4.78, 5) is 18.1. The first-order valence-electron chi connectivity index (χ1n) is 7.79. The summed E-state index contributed by atoms with van der Waals surface area (Å²) in [5.41, 5.74) is 4.27. The predicted molar refractivity (Wildman–Crippen MR) is 98.7 cm³/mol. The smallest absolute Gasteiger partial charge is 0.414 e. The van der Waals surface area contributed by atoms with Gasteiger partial charge in [-0.05, 0) is 42.4 Å². The first kappa shape index (κ1) is 16.6. The van der Waals surface area contributed by atoms with Crippen molar-refractivity contribution in [3.8, 4) is 0 Å². The van der Waals surface area contributed by atoms with Crippen molar-refractivity contribution >= 4 is 23.0 Å². The molecule has 0 fully saturated rings.